The number of thioether (sulfide) groups is 1. The van der Waals surface area contributed by atoms with E-state index in [4.69, 9.17) is 19.8 Å². The highest BCUT2D eigenvalue weighted by atomic mass is 32.2. The third kappa shape index (κ3) is 11.1. The molecule has 1 aromatic carbocycles. The van der Waals surface area contributed by atoms with Crippen molar-refractivity contribution in [2.24, 2.45) is 0 Å². The van der Waals surface area contributed by atoms with E-state index in [-0.39, 0.29) is 0 Å². The van der Waals surface area contributed by atoms with Gasteiger partial charge in [0, 0.05) is 24.7 Å². The number of nitriles is 1. The molecule has 2 aromatic rings. The molecule has 1 aromatic heterocycles. The van der Waals surface area contributed by atoms with Crippen LogP contribution in [0.4, 0.5) is 38.0 Å². The molecule has 1 aliphatic rings. The zero-order chi connectivity index (χ0) is 29.8. The summed E-state index contributed by atoms with van der Waals surface area (Å²) in [5.41, 5.74) is 2.19. The van der Waals surface area contributed by atoms with Crippen LogP contribution < -0.4 is 15.5 Å². The Morgan fingerprint density at radius 2 is 1.67 bits per heavy atom. The van der Waals surface area contributed by atoms with Crippen LogP contribution in [0.2, 0.25) is 0 Å². The molecule has 4 N–H and O–H groups in total. The zero-order valence-electron chi connectivity index (χ0n) is 20.3. The minimum atomic E-state index is -5.08. The van der Waals surface area contributed by atoms with Crippen LogP contribution >= 0.6 is 11.8 Å². The first-order valence-electron chi connectivity index (χ1n) is 10.6. The third-order valence-electron chi connectivity index (χ3n) is 4.33. The first-order valence-corrected chi connectivity index (χ1v) is 11.4. The molecule has 0 atom stereocenters. The molecule has 10 nitrogen and oxygen atoms in total. The van der Waals surface area contributed by atoms with Gasteiger partial charge in [-0.2, -0.15) is 31.6 Å². The second-order valence-corrected chi connectivity index (χ2v) is 8.32. The SMILES string of the molecule is CNCCCN(C)c1nccc(/C(C#N)=C2\Nc3ccccc3S2)n1.O=C(O)C(F)(F)F.O=C(O)C(F)(F)F. The van der Waals surface area contributed by atoms with Gasteiger partial charge in [0.2, 0.25) is 5.95 Å². The Bertz CT molecular complexity index is 1170. The van der Waals surface area contributed by atoms with Crippen molar-refractivity contribution >= 4 is 40.9 Å². The topological polar surface area (TPSA) is 151 Å². The lowest BCUT2D eigenvalue weighted by atomic mass is 10.2. The van der Waals surface area contributed by atoms with E-state index in [1.165, 1.54) is 0 Å². The van der Waals surface area contributed by atoms with E-state index in [0.29, 0.717) is 17.2 Å². The maximum atomic E-state index is 10.6. The van der Waals surface area contributed by atoms with E-state index in [1.807, 2.05) is 43.3 Å². The van der Waals surface area contributed by atoms with Gasteiger partial charge in [0.15, 0.2) is 0 Å². The summed E-state index contributed by atoms with van der Waals surface area (Å²) in [5, 5.41) is 31.2. The Hall–Kier alpha value is -4.04. The van der Waals surface area contributed by atoms with Gasteiger partial charge < -0.3 is 25.7 Å². The predicted octanol–water partition coefficient (Wildman–Crippen LogP) is 4.20. The molecule has 0 amide bonds. The third-order valence-corrected chi connectivity index (χ3v) is 5.42. The quantitative estimate of drug-likeness (QED) is 0.221. The number of alkyl halides is 6. The van der Waals surface area contributed by atoms with Crippen molar-refractivity contribution in [3.63, 3.8) is 0 Å². The number of hydrogen-bond acceptors (Lipinski definition) is 9. The van der Waals surface area contributed by atoms with Gasteiger partial charge in [-0.05, 0) is 38.2 Å². The highest BCUT2D eigenvalue weighted by molar-refractivity contribution is 8.04. The number of aliphatic carboxylic acids is 2. The Morgan fingerprint density at radius 1 is 1.10 bits per heavy atom. The summed E-state index contributed by atoms with van der Waals surface area (Å²) in [5.74, 6) is -4.89. The maximum absolute atomic E-state index is 10.6. The molecule has 0 radical (unpaired) electrons. The number of aromatic nitrogens is 2. The standard InChI is InChI=1S/C18H20N6S.2C2HF3O2/c1-20-9-5-11-24(2)18-21-10-8-14(23-18)13(12-19)17-22-15-6-3-4-7-16(15)25-17;2*3-2(4,5)1(6)7/h3-4,6-8,10,20,22H,5,9,11H2,1-2H3;2*(H,6,7)/b17-13+;;. The minimum absolute atomic E-state index is 0.536. The van der Waals surface area contributed by atoms with E-state index >= 15 is 0 Å². The molecule has 2 heterocycles. The predicted molar refractivity (Wildman–Crippen MR) is 130 cm³/mol. The van der Waals surface area contributed by atoms with Crippen LogP contribution in [0.1, 0.15) is 12.1 Å². The average Bonchev–Trinajstić information content (AvgIpc) is 3.28. The van der Waals surface area contributed by atoms with Crippen molar-refractivity contribution in [1.29, 1.82) is 5.26 Å². The van der Waals surface area contributed by atoms with Gasteiger partial charge in [-0.25, -0.2) is 19.6 Å². The number of fused-ring (bicyclic) bond motifs is 1. The van der Waals surface area contributed by atoms with Crippen LogP contribution in [0, 0.1) is 11.3 Å². The molecule has 0 unspecified atom stereocenters. The Labute approximate surface area is 222 Å². The van der Waals surface area contributed by atoms with E-state index in [0.717, 1.165) is 35.1 Å². The fourth-order valence-corrected chi connectivity index (χ4v) is 3.53. The molecule has 39 heavy (non-hydrogen) atoms. The van der Waals surface area contributed by atoms with E-state index in [2.05, 4.69) is 26.7 Å². The summed E-state index contributed by atoms with van der Waals surface area (Å²) >= 11 is 1.56. The van der Waals surface area contributed by atoms with Crippen LogP contribution in [0.3, 0.4) is 0 Å². The van der Waals surface area contributed by atoms with Crippen molar-refractivity contribution in [3.05, 3.63) is 47.3 Å². The highest BCUT2D eigenvalue weighted by Gasteiger charge is 2.38. The highest BCUT2D eigenvalue weighted by Crippen LogP contribution is 2.43. The molecular weight excluding hydrogens is 558 g/mol. The van der Waals surface area contributed by atoms with Gasteiger partial charge in [0.05, 0.1) is 16.4 Å². The number of para-hydroxylation sites is 1. The van der Waals surface area contributed by atoms with Crippen LogP contribution in [0.25, 0.3) is 5.57 Å². The number of nitrogens with one attached hydrogen (secondary N) is 2. The number of hydrogen-bond donors (Lipinski definition) is 4. The van der Waals surface area contributed by atoms with Gasteiger partial charge >= 0.3 is 24.3 Å². The molecule has 0 fully saturated rings. The van der Waals surface area contributed by atoms with E-state index in [1.54, 1.807) is 24.0 Å². The summed E-state index contributed by atoms with van der Waals surface area (Å²) in [6.07, 6.45) is -7.46. The van der Waals surface area contributed by atoms with Crippen LogP contribution in [0.5, 0.6) is 0 Å². The zero-order valence-corrected chi connectivity index (χ0v) is 21.1. The summed E-state index contributed by atoms with van der Waals surface area (Å²) < 4.78 is 63.5. The summed E-state index contributed by atoms with van der Waals surface area (Å²) in [6.45, 7) is 1.79. The number of rotatable bonds is 6. The number of nitrogens with zero attached hydrogens (tertiary/aromatic N) is 4. The number of carboxylic acid groups (broad SMARTS) is 2. The minimum Gasteiger partial charge on any atom is -0.475 e. The number of anilines is 2. The van der Waals surface area contributed by atoms with E-state index in [9.17, 15) is 31.6 Å². The summed E-state index contributed by atoms with van der Waals surface area (Å²) in [7, 11) is 3.90. The maximum Gasteiger partial charge on any atom is 0.490 e. The molecule has 0 saturated heterocycles. The lowest BCUT2D eigenvalue weighted by Gasteiger charge is -2.17. The fourth-order valence-electron chi connectivity index (χ4n) is 2.52. The van der Waals surface area contributed by atoms with Crippen LogP contribution in [-0.4, -0.2) is 71.7 Å². The number of carbonyl (C=O) groups is 2. The second-order valence-electron chi connectivity index (χ2n) is 7.27. The molecule has 212 valence electrons. The lowest BCUT2D eigenvalue weighted by Crippen LogP contribution is -2.24. The molecule has 0 saturated carbocycles. The molecule has 0 aliphatic carbocycles. The molecule has 17 heteroatoms. The van der Waals surface area contributed by atoms with E-state index < -0.39 is 24.3 Å². The lowest BCUT2D eigenvalue weighted by molar-refractivity contribution is -0.193. The van der Waals surface area contributed by atoms with Gasteiger partial charge in [-0.1, -0.05) is 23.9 Å². The molecular formula is C22H22F6N6O4S. The largest absolute Gasteiger partial charge is 0.490 e. The van der Waals surface area contributed by atoms with Gasteiger partial charge in [0.25, 0.3) is 0 Å². The first kappa shape index (κ1) is 33.0. The smallest absolute Gasteiger partial charge is 0.475 e. The number of benzene rings is 1. The van der Waals surface area contributed by atoms with Crippen LogP contribution in [0.15, 0.2) is 46.5 Å². The van der Waals surface area contributed by atoms with Crippen molar-refractivity contribution in [3.8, 4) is 6.07 Å². The fraction of sp³-hybridized carbons (Fsp3) is 0.318. The van der Waals surface area contributed by atoms with Crippen molar-refractivity contribution in [2.75, 3.05) is 37.4 Å². The molecule has 3 rings (SSSR count). The van der Waals surface area contributed by atoms with Gasteiger partial charge in [0.1, 0.15) is 11.6 Å². The Kier molecular flexibility index (Phi) is 12.5. The Morgan fingerprint density at radius 3 is 2.15 bits per heavy atom. The second kappa shape index (κ2) is 14.8. The van der Waals surface area contributed by atoms with Crippen molar-refractivity contribution in [1.82, 2.24) is 15.3 Å². The number of carboxylic acids is 2. The monoisotopic (exact) mass is 580 g/mol. The van der Waals surface area contributed by atoms with Crippen molar-refractivity contribution < 1.29 is 46.1 Å². The number of allylic oxidation sites excluding steroid dienone is 1. The number of halogens is 6. The molecule has 0 bridgehead atoms. The normalized spacial score (nSPS) is 13.3. The van der Waals surface area contributed by atoms with Gasteiger partial charge in [-0.3, -0.25) is 0 Å². The Balaban J connectivity index is 0.000000449. The first-order chi connectivity index (χ1) is 18.1. The van der Waals surface area contributed by atoms with Gasteiger partial charge in [-0.15, -0.1) is 0 Å². The average molecular weight is 581 g/mol. The summed E-state index contributed by atoms with van der Waals surface area (Å²) in [4.78, 5) is 29.8. The van der Waals surface area contributed by atoms with Crippen molar-refractivity contribution in [2.45, 2.75) is 23.7 Å². The molecule has 1 aliphatic heterocycles. The summed E-state index contributed by atoms with van der Waals surface area (Å²) in [6, 6.07) is 12.1. The van der Waals surface area contributed by atoms with Crippen LogP contribution in [-0.2, 0) is 9.59 Å². The molecule has 0 spiro atoms.